The average molecular weight is 256 g/mol. The second-order valence-electron chi connectivity index (χ2n) is 4.22. The fourth-order valence-electron chi connectivity index (χ4n) is 1.59. The summed E-state index contributed by atoms with van der Waals surface area (Å²) < 4.78 is 0. The zero-order chi connectivity index (χ0) is 14.3. The number of benzene rings is 1. The number of carbonyl (C=O) groups excluding carboxylic acids is 1. The first-order chi connectivity index (χ1) is 9.08. The molecule has 0 bridgehead atoms. The first-order valence-corrected chi connectivity index (χ1v) is 6.20. The monoisotopic (exact) mass is 256 g/mol. The van der Waals surface area contributed by atoms with Crippen molar-refractivity contribution in [1.82, 2.24) is 5.32 Å². The Labute approximate surface area is 114 Å². The second-order valence-corrected chi connectivity index (χ2v) is 4.22. The van der Waals surface area contributed by atoms with E-state index in [2.05, 4.69) is 11.9 Å². The van der Waals surface area contributed by atoms with Crippen molar-refractivity contribution in [2.45, 2.75) is 19.9 Å². The number of carbonyl (C=O) groups is 1. The van der Waals surface area contributed by atoms with Gasteiger partial charge in [-0.05, 0) is 43.7 Å². The first-order valence-electron chi connectivity index (χ1n) is 6.20. The molecule has 1 rings (SSSR count). The van der Waals surface area contributed by atoms with Crippen molar-refractivity contribution in [2.75, 3.05) is 0 Å². The molecule has 0 aliphatic carbocycles. The number of hydrogen-bond donors (Lipinski definition) is 2. The van der Waals surface area contributed by atoms with Crippen LogP contribution in [-0.4, -0.2) is 5.91 Å². The summed E-state index contributed by atoms with van der Waals surface area (Å²) in [5.41, 5.74) is 8.08. The molecule has 3 N–H and O–H groups in total. The molecule has 3 nitrogen and oxygen atoms in total. The van der Waals surface area contributed by atoms with Gasteiger partial charge in [-0.15, -0.1) is 0 Å². The number of nitrogens with two attached hydrogens (primary N) is 1. The van der Waals surface area contributed by atoms with Crippen LogP contribution in [0.1, 0.15) is 35.8 Å². The van der Waals surface area contributed by atoms with E-state index in [-0.39, 0.29) is 11.9 Å². The number of rotatable bonds is 5. The van der Waals surface area contributed by atoms with E-state index in [4.69, 9.17) is 5.73 Å². The van der Waals surface area contributed by atoms with E-state index in [1.54, 1.807) is 24.3 Å². The third-order valence-electron chi connectivity index (χ3n) is 2.60. The van der Waals surface area contributed by atoms with Crippen LogP contribution in [0, 0.1) is 0 Å². The maximum absolute atomic E-state index is 12.0. The van der Waals surface area contributed by atoms with Crippen LogP contribution in [0.5, 0.6) is 0 Å². The summed E-state index contributed by atoms with van der Waals surface area (Å²) in [5.74, 6) is -0.151. The second kappa shape index (κ2) is 7.34. The van der Waals surface area contributed by atoms with Gasteiger partial charge in [0.1, 0.15) is 0 Å². The van der Waals surface area contributed by atoms with Gasteiger partial charge in [0.2, 0.25) is 0 Å². The Morgan fingerprint density at radius 3 is 2.47 bits per heavy atom. The summed E-state index contributed by atoms with van der Waals surface area (Å²) in [4.78, 5) is 12.0. The van der Waals surface area contributed by atoms with Gasteiger partial charge in [0.25, 0.3) is 5.91 Å². The first kappa shape index (κ1) is 14.9. The van der Waals surface area contributed by atoms with Gasteiger partial charge < -0.3 is 11.1 Å². The number of amides is 1. The lowest BCUT2D eigenvalue weighted by Crippen LogP contribution is -2.21. The lowest BCUT2D eigenvalue weighted by atomic mass is 10.1. The van der Waals surface area contributed by atoms with Crippen LogP contribution in [0.3, 0.4) is 0 Å². The van der Waals surface area contributed by atoms with Gasteiger partial charge >= 0.3 is 0 Å². The lowest BCUT2D eigenvalue weighted by molar-refractivity contribution is 0.0967. The fourth-order valence-corrected chi connectivity index (χ4v) is 1.59. The summed E-state index contributed by atoms with van der Waals surface area (Å²) >= 11 is 0. The quantitative estimate of drug-likeness (QED) is 0.795. The Kier molecular flexibility index (Phi) is 5.76. The maximum Gasteiger partial charge on any atom is 0.255 e. The molecule has 1 amide bonds. The zero-order valence-electron chi connectivity index (χ0n) is 11.4. The van der Waals surface area contributed by atoms with Crippen LogP contribution < -0.4 is 11.1 Å². The minimum absolute atomic E-state index is 0.0311. The van der Waals surface area contributed by atoms with Crippen LogP contribution in [0.15, 0.2) is 60.8 Å². The SMILES string of the molecule is C=C/C=C(\C=C/C)NC(=O)c1ccc(C(C)N)cc1. The molecule has 0 fully saturated rings. The van der Waals surface area contributed by atoms with Crippen molar-refractivity contribution in [1.29, 1.82) is 0 Å². The molecular weight excluding hydrogens is 236 g/mol. The van der Waals surface area contributed by atoms with E-state index in [9.17, 15) is 4.79 Å². The molecule has 1 aromatic carbocycles. The molecule has 0 spiro atoms. The Morgan fingerprint density at radius 1 is 1.37 bits per heavy atom. The molecule has 0 aromatic heterocycles. The molecule has 0 aliphatic rings. The summed E-state index contributed by atoms with van der Waals surface area (Å²) in [6.45, 7) is 7.42. The molecule has 19 heavy (non-hydrogen) atoms. The van der Waals surface area contributed by atoms with Gasteiger partial charge in [-0.1, -0.05) is 30.9 Å². The summed E-state index contributed by atoms with van der Waals surface area (Å²) in [6.07, 6.45) is 7.05. The van der Waals surface area contributed by atoms with Crippen LogP contribution >= 0.6 is 0 Å². The molecule has 0 saturated carbocycles. The largest absolute Gasteiger partial charge is 0.324 e. The van der Waals surface area contributed by atoms with Crippen molar-refractivity contribution >= 4 is 5.91 Å². The number of allylic oxidation sites excluding steroid dienone is 4. The Balaban J connectivity index is 2.83. The van der Waals surface area contributed by atoms with Gasteiger partial charge in [0.15, 0.2) is 0 Å². The van der Waals surface area contributed by atoms with Crippen molar-refractivity contribution in [3.63, 3.8) is 0 Å². The normalized spacial score (nSPS) is 13.3. The van der Waals surface area contributed by atoms with Gasteiger partial charge in [0.05, 0.1) is 0 Å². The third kappa shape index (κ3) is 4.56. The van der Waals surface area contributed by atoms with E-state index in [0.717, 1.165) is 5.56 Å². The molecule has 1 aromatic rings. The van der Waals surface area contributed by atoms with E-state index in [1.165, 1.54) is 0 Å². The highest BCUT2D eigenvalue weighted by molar-refractivity contribution is 5.95. The molecule has 0 heterocycles. The molecule has 1 atom stereocenters. The van der Waals surface area contributed by atoms with E-state index in [1.807, 2.05) is 38.1 Å². The number of nitrogens with one attached hydrogen (secondary N) is 1. The topological polar surface area (TPSA) is 55.1 Å². The molecule has 0 saturated heterocycles. The molecular formula is C16H20N2O. The van der Waals surface area contributed by atoms with Crippen LogP contribution in [0.4, 0.5) is 0 Å². The minimum atomic E-state index is -0.151. The predicted octanol–water partition coefficient (Wildman–Crippen LogP) is 3.08. The summed E-state index contributed by atoms with van der Waals surface area (Å²) in [6, 6.07) is 7.25. The lowest BCUT2D eigenvalue weighted by Gasteiger charge is -2.08. The van der Waals surface area contributed by atoms with Gasteiger partial charge in [-0.25, -0.2) is 0 Å². The molecule has 3 heteroatoms. The zero-order valence-corrected chi connectivity index (χ0v) is 11.4. The van der Waals surface area contributed by atoms with Crippen molar-refractivity contribution in [3.8, 4) is 0 Å². The molecule has 1 unspecified atom stereocenters. The minimum Gasteiger partial charge on any atom is -0.324 e. The van der Waals surface area contributed by atoms with Gasteiger partial charge in [-0.2, -0.15) is 0 Å². The maximum atomic E-state index is 12.0. The Hall–Kier alpha value is -2.13. The standard InChI is InChI=1S/C16H20N2O/c1-4-6-15(7-5-2)18-16(19)14-10-8-13(9-11-14)12(3)17/h4-12H,1,17H2,2-3H3,(H,18,19)/b7-5-,15-6+. The smallest absolute Gasteiger partial charge is 0.255 e. The average Bonchev–Trinajstić information content (AvgIpc) is 2.39. The highest BCUT2D eigenvalue weighted by atomic mass is 16.1. The summed E-state index contributed by atoms with van der Waals surface area (Å²) in [5, 5.41) is 2.82. The van der Waals surface area contributed by atoms with Crippen molar-refractivity contribution in [3.05, 3.63) is 72.0 Å². The van der Waals surface area contributed by atoms with E-state index < -0.39 is 0 Å². The van der Waals surface area contributed by atoms with Crippen molar-refractivity contribution in [2.24, 2.45) is 5.73 Å². The highest BCUT2D eigenvalue weighted by Crippen LogP contribution is 2.11. The summed E-state index contributed by atoms with van der Waals surface area (Å²) in [7, 11) is 0. The van der Waals surface area contributed by atoms with Crippen LogP contribution in [0.2, 0.25) is 0 Å². The molecule has 0 aliphatic heterocycles. The van der Waals surface area contributed by atoms with E-state index >= 15 is 0 Å². The fraction of sp³-hybridized carbons (Fsp3) is 0.188. The molecule has 100 valence electrons. The predicted molar refractivity (Wildman–Crippen MR) is 79.6 cm³/mol. The van der Waals surface area contributed by atoms with Gasteiger partial charge in [-0.3, -0.25) is 4.79 Å². The molecule has 0 radical (unpaired) electrons. The third-order valence-corrected chi connectivity index (χ3v) is 2.60. The van der Waals surface area contributed by atoms with Crippen LogP contribution in [-0.2, 0) is 0 Å². The van der Waals surface area contributed by atoms with Gasteiger partial charge in [0, 0.05) is 17.3 Å². The highest BCUT2D eigenvalue weighted by Gasteiger charge is 2.07. The van der Waals surface area contributed by atoms with Crippen molar-refractivity contribution < 1.29 is 4.79 Å². The Morgan fingerprint density at radius 2 is 2.00 bits per heavy atom. The van der Waals surface area contributed by atoms with Crippen LogP contribution in [0.25, 0.3) is 0 Å². The van der Waals surface area contributed by atoms with E-state index in [0.29, 0.717) is 11.3 Å². The Bertz CT molecular complexity index is 496. The number of hydrogen-bond acceptors (Lipinski definition) is 2.